The molecule has 0 radical (unpaired) electrons. The fourth-order valence-corrected chi connectivity index (χ4v) is 3.95. The van der Waals surface area contributed by atoms with Gasteiger partial charge in [0.25, 0.3) is 0 Å². The summed E-state index contributed by atoms with van der Waals surface area (Å²) in [6, 6.07) is 5.77. The average Bonchev–Trinajstić information content (AvgIpc) is 3.11. The number of amidine groups is 1. The van der Waals surface area contributed by atoms with E-state index in [1.807, 2.05) is 24.5 Å². The molecular formula is C20H19N3O3S. The number of benzene rings is 1. The molecule has 138 valence electrons. The third-order valence-corrected chi connectivity index (χ3v) is 5.78. The highest BCUT2D eigenvalue weighted by atomic mass is 32.2. The molecule has 1 aromatic rings. The van der Waals surface area contributed by atoms with Gasteiger partial charge >= 0.3 is 0 Å². The molecule has 1 aromatic carbocycles. The van der Waals surface area contributed by atoms with Gasteiger partial charge in [-0.1, -0.05) is 0 Å². The van der Waals surface area contributed by atoms with Crippen LogP contribution >= 0.6 is 11.8 Å². The van der Waals surface area contributed by atoms with Gasteiger partial charge in [-0.25, -0.2) is 9.98 Å². The number of carbonyl (C=O) groups is 2. The Kier molecular flexibility index (Phi) is 4.14. The van der Waals surface area contributed by atoms with E-state index >= 15 is 0 Å². The average molecular weight is 381 g/mol. The van der Waals surface area contributed by atoms with E-state index < -0.39 is 11.5 Å². The van der Waals surface area contributed by atoms with E-state index in [4.69, 9.17) is 4.74 Å². The molecule has 0 aromatic heterocycles. The van der Waals surface area contributed by atoms with Crippen molar-refractivity contribution in [2.45, 2.75) is 30.7 Å². The first kappa shape index (κ1) is 17.9. The van der Waals surface area contributed by atoms with Crippen LogP contribution in [0.1, 0.15) is 25.8 Å². The molecule has 0 saturated carbocycles. The third-order valence-electron chi connectivity index (χ3n) is 5.06. The van der Waals surface area contributed by atoms with Crippen molar-refractivity contribution in [3.05, 3.63) is 35.0 Å². The molecule has 2 heterocycles. The molecular weight excluding hydrogens is 362 g/mol. The molecule has 4 rings (SSSR count). The standard InChI is InChI=1S/C20H19N3O3S/c1-20(2)18(25)11-8-14(24)17-16(13(11)9-21-20)22-19(23-17)12-7-10(27-4)5-6-15(12)26-3/h5-7,9,11H,8H2,1-4H3. The third kappa shape index (κ3) is 2.77. The number of hydrogen-bond acceptors (Lipinski definition) is 7. The maximum absolute atomic E-state index is 12.7. The second kappa shape index (κ2) is 6.27. The van der Waals surface area contributed by atoms with Crippen LogP contribution in [0.2, 0.25) is 0 Å². The van der Waals surface area contributed by atoms with Crippen LogP contribution < -0.4 is 4.74 Å². The molecule has 0 saturated heterocycles. The van der Waals surface area contributed by atoms with E-state index in [1.54, 1.807) is 38.9 Å². The van der Waals surface area contributed by atoms with Crippen molar-refractivity contribution in [1.29, 1.82) is 0 Å². The van der Waals surface area contributed by atoms with Gasteiger partial charge in [-0.3, -0.25) is 14.6 Å². The van der Waals surface area contributed by atoms with Crippen LogP contribution in [-0.2, 0) is 9.59 Å². The summed E-state index contributed by atoms with van der Waals surface area (Å²) in [5.74, 6) is 0.363. The summed E-state index contributed by atoms with van der Waals surface area (Å²) in [7, 11) is 1.59. The Hall–Kier alpha value is -2.54. The molecule has 0 N–H and O–H groups in total. The summed E-state index contributed by atoms with van der Waals surface area (Å²) < 4.78 is 5.45. The highest BCUT2D eigenvalue weighted by Gasteiger charge is 2.45. The first-order valence-electron chi connectivity index (χ1n) is 8.63. The van der Waals surface area contributed by atoms with Gasteiger partial charge in [0.05, 0.1) is 18.6 Å². The summed E-state index contributed by atoms with van der Waals surface area (Å²) in [5, 5.41) is 0. The largest absolute Gasteiger partial charge is 0.496 e. The van der Waals surface area contributed by atoms with Crippen molar-refractivity contribution < 1.29 is 14.3 Å². The maximum Gasteiger partial charge on any atom is 0.184 e. The highest BCUT2D eigenvalue weighted by Crippen LogP contribution is 2.37. The fraction of sp³-hybridized carbons (Fsp3) is 0.350. The summed E-state index contributed by atoms with van der Waals surface area (Å²) in [6.45, 7) is 3.53. The smallest absolute Gasteiger partial charge is 0.184 e. The number of aliphatic imine (C=N–C) groups is 3. The van der Waals surface area contributed by atoms with Gasteiger partial charge in [-0.15, -0.1) is 11.8 Å². The Morgan fingerprint density at radius 2 is 2.00 bits per heavy atom. The Balaban J connectivity index is 1.88. The number of Topliss-reactive ketones (excluding diaryl/α,β-unsaturated/α-hetero) is 2. The maximum atomic E-state index is 12.7. The van der Waals surface area contributed by atoms with Crippen molar-refractivity contribution in [2.24, 2.45) is 20.9 Å². The first-order chi connectivity index (χ1) is 12.9. The number of carbonyl (C=O) groups excluding carboxylic acids is 2. The van der Waals surface area contributed by atoms with Gasteiger partial charge < -0.3 is 4.74 Å². The quantitative estimate of drug-likeness (QED) is 0.754. The zero-order valence-corrected chi connectivity index (χ0v) is 16.4. The van der Waals surface area contributed by atoms with E-state index in [0.29, 0.717) is 28.6 Å². The van der Waals surface area contributed by atoms with Crippen LogP contribution in [0.3, 0.4) is 0 Å². The number of hydrogen-bond donors (Lipinski definition) is 0. The Labute approximate surface area is 161 Å². The molecule has 7 heteroatoms. The van der Waals surface area contributed by atoms with Crippen molar-refractivity contribution in [3.63, 3.8) is 0 Å². The molecule has 0 amide bonds. The van der Waals surface area contributed by atoms with Crippen LogP contribution in [0.4, 0.5) is 0 Å². The lowest BCUT2D eigenvalue weighted by Gasteiger charge is -2.32. The summed E-state index contributed by atoms with van der Waals surface area (Å²) in [4.78, 5) is 39.9. The predicted molar refractivity (Wildman–Crippen MR) is 106 cm³/mol. The topological polar surface area (TPSA) is 80.5 Å². The summed E-state index contributed by atoms with van der Waals surface area (Å²) >= 11 is 1.60. The fourth-order valence-electron chi connectivity index (χ4n) is 3.51. The zero-order chi connectivity index (χ0) is 19.3. The number of fused-ring (bicyclic) bond motifs is 2. The molecule has 6 nitrogen and oxygen atoms in total. The number of nitrogens with zero attached hydrogens (tertiary/aromatic N) is 3. The molecule has 0 spiro atoms. The van der Waals surface area contributed by atoms with Crippen molar-refractivity contribution >= 4 is 41.1 Å². The van der Waals surface area contributed by atoms with Gasteiger partial charge in [0, 0.05) is 23.1 Å². The van der Waals surface area contributed by atoms with Crippen molar-refractivity contribution in [1.82, 2.24) is 0 Å². The molecule has 0 fully saturated rings. The first-order valence-corrected chi connectivity index (χ1v) is 9.85. The minimum atomic E-state index is -0.815. The van der Waals surface area contributed by atoms with Crippen molar-refractivity contribution in [3.8, 4) is 5.75 Å². The zero-order valence-electron chi connectivity index (χ0n) is 15.6. The summed E-state index contributed by atoms with van der Waals surface area (Å²) in [5.41, 5.74) is 1.38. The van der Waals surface area contributed by atoms with Crippen molar-refractivity contribution in [2.75, 3.05) is 13.4 Å². The van der Waals surface area contributed by atoms with E-state index in [0.717, 1.165) is 10.5 Å². The lowest BCUT2D eigenvalue weighted by molar-refractivity contribution is -0.128. The van der Waals surface area contributed by atoms with E-state index in [1.165, 1.54) is 0 Å². The number of ketones is 2. The number of allylic oxidation sites excluding steroid dienone is 2. The molecule has 3 aliphatic rings. The number of thioether (sulfide) groups is 1. The van der Waals surface area contributed by atoms with Crippen LogP contribution in [0.25, 0.3) is 0 Å². The second-order valence-electron chi connectivity index (χ2n) is 7.13. The monoisotopic (exact) mass is 381 g/mol. The van der Waals surface area contributed by atoms with E-state index in [-0.39, 0.29) is 18.0 Å². The molecule has 27 heavy (non-hydrogen) atoms. The van der Waals surface area contributed by atoms with Crippen LogP contribution in [0.5, 0.6) is 5.75 Å². The molecule has 2 aliphatic heterocycles. The Bertz CT molecular complexity index is 1000. The van der Waals surface area contributed by atoms with Gasteiger partial charge in [0.15, 0.2) is 17.4 Å². The molecule has 1 unspecified atom stereocenters. The Morgan fingerprint density at radius 3 is 2.70 bits per heavy atom. The van der Waals surface area contributed by atoms with Gasteiger partial charge in [-0.05, 0) is 38.3 Å². The lowest BCUT2D eigenvalue weighted by Crippen LogP contribution is -2.44. The highest BCUT2D eigenvalue weighted by molar-refractivity contribution is 7.98. The predicted octanol–water partition coefficient (Wildman–Crippen LogP) is 2.89. The minimum Gasteiger partial charge on any atom is -0.496 e. The van der Waals surface area contributed by atoms with Gasteiger partial charge in [0.2, 0.25) is 0 Å². The lowest BCUT2D eigenvalue weighted by atomic mass is 9.74. The number of methoxy groups -OCH3 is 1. The minimum absolute atomic E-state index is 0.0505. The molecule has 1 atom stereocenters. The second-order valence-corrected chi connectivity index (χ2v) is 8.01. The molecule has 0 bridgehead atoms. The normalized spacial score (nSPS) is 23.0. The van der Waals surface area contributed by atoms with E-state index in [2.05, 4.69) is 15.0 Å². The summed E-state index contributed by atoms with van der Waals surface area (Å²) in [6.07, 6.45) is 3.79. The van der Waals surface area contributed by atoms with Crippen LogP contribution in [0.15, 0.2) is 49.3 Å². The van der Waals surface area contributed by atoms with Gasteiger partial charge in [0.1, 0.15) is 22.7 Å². The number of ether oxygens (including phenoxy) is 1. The van der Waals surface area contributed by atoms with Gasteiger partial charge in [-0.2, -0.15) is 0 Å². The number of rotatable bonds is 3. The Morgan fingerprint density at radius 1 is 1.22 bits per heavy atom. The molecule has 1 aliphatic carbocycles. The SMILES string of the molecule is COc1ccc(SC)cc1C1=NC2=C3C=NC(C)(C)C(=O)C3CC(=O)C2=N1. The van der Waals surface area contributed by atoms with E-state index in [9.17, 15) is 9.59 Å². The van der Waals surface area contributed by atoms with Crippen LogP contribution in [-0.4, -0.2) is 48.2 Å². The van der Waals surface area contributed by atoms with Crippen LogP contribution in [0, 0.1) is 5.92 Å².